The van der Waals surface area contributed by atoms with E-state index in [4.69, 9.17) is 23.7 Å². The Kier molecular flexibility index (Phi) is 8.68. The molecule has 0 saturated heterocycles. The summed E-state index contributed by atoms with van der Waals surface area (Å²) in [7, 11) is 4.60. The van der Waals surface area contributed by atoms with Gasteiger partial charge in [-0.3, -0.25) is 14.6 Å². The van der Waals surface area contributed by atoms with Crippen LogP contribution >= 0.6 is 11.8 Å². The van der Waals surface area contributed by atoms with Crippen LogP contribution in [0.2, 0.25) is 0 Å². The molecule has 0 aliphatic heterocycles. The van der Waals surface area contributed by atoms with Crippen molar-refractivity contribution in [3.63, 3.8) is 0 Å². The fourth-order valence-corrected chi connectivity index (χ4v) is 4.62. The van der Waals surface area contributed by atoms with E-state index in [9.17, 15) is 10.1 Å². The maximum atomic E-state index is 12.7. The first-order valence-corrected chi connectivity index (χ1v) is 13.0. The number of pyridine rings is 1. The molecule has 0 saturated carbocycles. The van der Waals surface area contributed by atoms with E-state index in [2.05, 4.69) is 16.7 Å². The molecule has 10 nitrogen and oxygen atoms in total. The molecule has 1 amide bonds. The van der Waals surface area contributed by atoms with Gasteiger partial charge in [0.15, 0.2) is 17.5 Å². The second kappa shape index (κ2) is 12.3. The largest absolute Gasteiger partial charge is 0.493 e. The number of anilines is 1. The first kappa shape index (κ1) is 27.5. The lowest BCUT2D eigenvalue weighted by Gasteiger charge is -2.16. The van der Waals surface area contributed by atoms with Crippen molar-refractivity contribution < 1.29 is 28.2 Å². The number of hydrogen-bond donors (Lipinski definition) is 1. The summed E-state index contributed by atoms with van der Waals surface area (Å²) in [4.78, 5) is 17.5. The van der Waals surface area contributed by atoms with E-state index in [1.54, 1.807) is 23.0 Å². The van der Waals surface area contributed by atoms with Gasteiger partial charge in [-0.15, -0.1) is 0 Å². The van der Waals surface area contributed by atoms with Crippen molar-refractivity contribution in [2.24, 2.45) is 0 Å². The molecule has 0 fully saturated rings. The monoisotopic (exact) mass is 546 g/mol. The van der Waals surface area contributed by atoms with Crippen LogP contribution in [-0.4, -0.2) is 43.2 Å². The summed E-state index contributed by atoms with van der Waals surface area (Å²) in [6.07, 6.45) is 1.62. The number of methoxy groups -OCH3 is 3. The molecular weight excluding hydrogens is 518 g/mol. The number of thioether (sulfide) groups is 1. The zero-order chi connectivity index (χ0) is 27.9. The van der Waals surface area contributed by atoms with E-state index in [-0.39, 0.29) is 23.6 Å². The van der Waals surface area contributed by atoms with Crippen LogP contribution in [0.4, 0.5) is 5.88 Å². The van der Waals surface area contributed by atoms with Gasteiger partial charge in [-0.2, -0.15) is 5.26 Å². The fraction of sp³-hybridized carbons (Fsp3) is 0.250. The zero-order valence-corrected chi connectivity index (χ0v) is 23.0. The zero-order valence-electron chi connectivity index (χ0n) is 22.2. The van der Waals surface area contributed by atoms with Crippen molar-refractivity contribution >= 4 is 23.6 Å². The quantitative estimate of drug-likeness (QED) is 0.218. The predicted octanol–water partition coefficient (Wildman–Crippen LogP) is 4.90. The van der Waals surface area contributed by atoms with Crippen molar-refractivity contribution in [2.45, 2.75) is 24.9 Å². The summed E-state index contributed by atoms with van der Waals surface area (Å²) >= 11 is 1.16. The summed E-state index contributed by atoms with van der Waals surface area (Å²) in [6, 6.07) is 17.4. The molecule has 2 heterocycles. The molecule has 2 aromatic carbocycles. The lowest BCUT2D eigenvalue weighted by molar-refractivity contribution is -0.779. The van der Waals surface area contributed by atoms with Gasteiger partial charge in [-0.1, -0.05) is 42.1 Å². The smallest absolute Gasteiger partial charge is 0.302 e. The number of carbonyl (C=O) groups excluding carboxylic acids is 1. The van der Waals surface area contributed by atoms with Crippen molar-refractivity contribution in [3.05, 3.63) is 60.3 Å². The van der Waals surface area contributed by atoms with Gasteiger partial charge in [0.2, 0.25) is 16.9 Å². The maximum Gasteiger partial charge on any atom is 0.302 e. The minimum Gasteiger partial charge on any atom is -0.493 e. The van der Waals surface area contributed by atoms with E-state index in [1.807, 2.05) is 50.2 Å². The average molecular weight is 547 g/mol. The standard InChI is InChI=1S/C28H27N5O5S/c1-17(2)33-15-26(38-32-33)31-25(34)16-39-28-21(14-29)20(13-22(30-28)18-9-7-6-8-10-18)19-11-23(35-3)27(37-5)24(12-19)36-4/h6-13,15,17H,16H2,1-5H3/p+1. The number of nitrogens with one attached hydrogen (secondary N) is 1. The highest BCUT2D eigenvalue weighted by atomic mass is 32.2. The van der Waals surface area contributed by atoms with Crippen LogP contribution in [0.25, 0.3) is 22.4 Å². The molecule has 1 N–H and O–H groups in total. The number of aromatic nitrogens is 3. The Hall–Kier alpha value is -4.56. The van der Waals surface area contributed by atoms with E-state index in [1.165, 1.54) is 21.3 Å². The van der Waals surface area contributed by atoms with Crippen LogP contribution in [0.3, 0.4) is 0 Å². The molecular formula is C28H28N5O5S+. The third-order valence-corrected chi connectivity index (χ3v) is 6.73. The van der Waals surface area contributed by atoms with Crippen LogP contribution in [0, 0.1) is 11.3 Å². The van der Waals surface area contributed by atoms with Crippen LogP contribution in [0.5, 0.6) is 17.2 Å². The SMILES string of the molecule is COc1cc(-c2cc(-c3ccccc3)nc(SCC(=O)Nc3c[n+](C(C)C)no3)c2C#N)cc(OC)c1OC. The number of ether oxygens (including phenoxy) is 3. The molecule has 0 atom stereocenters. The molecule has 200 valence electrons. The van der Waals surface area contributed by atoms with Gasteiger partial charge in [0.05, 0.1) is 38.3 Å². The minimum atomic E-state index is -0.322. The molecule has 11 heteroatoms. The van der Waals surface area contributed by atoms with Gasteiger partial charge in [0, 0.05) is 11.1 Å². The molecule has 4 aromatic rings. The van der Waals surface area contributed by atoms with Gasteiger partial charge >= 0.3 is 5.88 Å². The van der Waals surface area contributed by atoms with Gasteiger partial charge in [0.25, 0.3) is 6.20 Å². The summed E-state index contributed by atoms with van der Waals surface area (Å²) < 4.78 is 23.3. The molecule has 0 aliphatic rings. The summed E-state index contributed by atoms with van der Waals surface area (Å²) in [5, 5.41) is 17.2. The highest BCUT2D eigenvalue weighted by Crippen LogP contribution is 2.43. The molecule has 0 unspecified atom stereocenters. The molecule has 2 aromatic heterocycles. The molecule has 39 heavy (non-hydrogen) atoms. The van der Waals surface area contributed by atoms with Gasteiger partial charge in [-0.05, 0) is 42.3 Å². The van der Waals surface area contributed by atoms with E-state index >= 15 is 0 Å². The number of carbonyl (C=O) groups is 1. The van der Waals surface area contributed by atoms with Crippen molar-refractivity contribution in [1.82, 2.24) is 10.3 Å². The number of amides is 1. The number of nitrogens with zero attached hydrogens (tertiary/aromatic N) is 4. The first-order valence-electron chi connectivity index (χ1n) is 12.0. The van der Waals surface area contributed by atoms with Crippen LogP contribution < -0.4 is 24.2 Å². The molecule has 0 bridgehead atoms. The lowest BCUT2D eigenvalue weighted by Crippen LogP contribution is -2.36. The highest BCUT2D eigenvalue weighted by Gasteiger charge is 2.22. The van der Waals surface area contributed by atoms with Gasteiger partial charge < -0.3 is 14.2 Å². The Morgan fingerprint density at radius 1 is 1.08 bits per heavy atom. The fourth-order valence-electron chi connectivity index (χ4n) is 3.82. The average Bonchev–Trinajstić information content (AvgIpc) is 3.43. The molecule has 0 aliphatic carbocycles. The maximum absolute atomic E-state index is 12.7. The normalized spacial score (nSPS) is 10.7. The highest BCUT2D eigenvalue weighted by molar-refractivity contribution is 8.00. The minimum absolute atomic E-state index is 0.00298. The summed E-state index contributed by atoms with van der Waals surface area (Å²) in [5.74, 6) is 1.26. The Morgan fingerprint density at radius 3 is 2.33 bits per heavy atom. The van der Waals surface area contributed by atoms with Crippen molar-refractivity contribution in [1.29, 1.82) is 5.26 Å². The van der Waals surface area contributed by atoms with Gasteiger partial charge in [-0.25, -0.2) is 4.98 Å². The molecule has 4 rings (SSSR count). The molecule has 0 spiro atoms. The van der Waals surface area contributed by atoms with Crippen LogP contribution in [-0.2, 0) is 4.79 Å². The summed E-state index contributed by atoms with van der Waals surface area (Å²) in [6.45, 7) is 3.90. The number of hydrogen-bond acceptors (Lipinski definition) is 9. The number of rotatable bonds is 10. The van der Waals surface area contributed by atoms with E-state index in [0.29, 0.717) is 44.7 Å². The Labute approximate surface area is 230 Å². The second-order valence-corrected chi connectivity index (χ2v) is 9.57. The van der Waals surface area contributed by atoms with Crippen molar-refractivity contribution in [3.8, 4) is 45.7 Å². The molecule has 0 radical (unpaired) electrons. The predicted molar refractivity (Wildman–Crippen MR) is 146 cm³/mol. The van der Waals surface area contributed by atoms with Crippen molar-refractivity contribution in [2.75, 3.05) is 32.4 Å². The first-order chi connectivity index (χ1) is 18.9. The topological polar surface area (TPSA) is 123 Å². The number of benzene rings is 2. The third-order valence-electron chi connectivity index (χ3n) is 5.76. The Morgan fingerprint density at radius 2 is 1.77 bits per heavy atom. The number of nitriles is 1. The van der Waals surface area contributed by atoms with E-state index in [0.717, 1.165) is 17.3 Å². The Bertz CT molecular complexity index is 1490. The lowest BCUT2D eigenvalue weighted by atomic mass is 9.98. The van der Waals surface area contributed by atoms with Gasteiger partial charge in [0.1, 0.15) is 11.1 Å². The Balaban J connectivity index is 1.74. The van der Waals surface area contributed by atoms with Crippen LogP contribution in [0.15, 0.2) is 64.3 Å². The van der Waals surface area contributed by atoms with E-state index < -0.39 is 0 Å². The second-order valence-electron chi connectivity index (χ2n) is 8.60. The third kappa shape index (κ3) is 6.13. The van der Waals surface area contributed by atoms with Crippen LogP contribution in [0.1, 0.15) is 25.5 Å². The summed E-state index contributed by atoms with van der Waals surface area (Å²) in [5.41, 5.74) is 3.11.